The van der Waals surface area contributed by atoms with Crippen LogP contribution in [0.4, 0.5) is 5.69 Å². The van der Waals surface area contributed by atoms with E-state index in [4.69, 9.17) is 10.3 Å². The lowest BCUT2D eigenvalue weighted by atomic mass is 10.0. The maximum atomic E-state index is 5.84. The molecule has 1 saturated carbocycles. The highest BCUT2D eigenvalue weighted by atomic mass is 16.5. The normalized spacial score (nSPS) is 22.3. The number of benzene rings is 1. The van der Waals surface area contributed by atoms with Crippen molar-refractivity contribution in [3.63, 3.8) is 0 Å². The number of nitrogens with zero attached hydrogens (tertiary/aromatic N) is 2. The Labute approximate surface area is 119 Å². The van der Waals surface area contributed by atoms with Gasteiger partial charge < -0.3 is 10.3 Å². The Morgan fingerprint density at radius 3 is 2.95 bits per heavy atom. The molecule has 20 heavy (non-hydrogen) atoms. The van der Waals surface area contributed by atoms with Gasteiger partial charge in [0.05, 0.1) is 0 Å². The predicted octanol–water partition coefficient (Wildman–Crippen LogP) is 3.92. The molecule has 4 heteroatoms. The van der Waals surface area contributed by atoms with Crippen molar-refractivity contribution in [2.75, 3.05) is 5.73 Å². The lowest BCUT2D eigenvalue weighted by molar-refractivity contribution is 0.413. The second kappa shape index (κ2) is 5.27. The monoisotopic (exact) mass is 271 g/mol. The Balaban J connectivity index is 1.85. The third-order valence-corrected chi connectivity index (χ3v) is 4.42. The molecule has 4 nitrogen and oxygen atoms in total. The molecule has 0 bridgehead atoms. The van der Waals surface area contributed by atoms with Crippen molar-refractivity contribution in [2.24, 2.45) is 5.92 Å². The van der Waals surface area contributed by atoms with Gasteiger partial charge in [-0.15, -0.1) is 0 Å². The molecule has 0 saturated heterocycles. The summed E-state index contributed by atoms with van der Waals surface area (Å²) >= 11 is 0. The minimum Gasteiger partial charge on any atom is -0.399 e. The zero-order chi connectivity index (χ0) is 14.1. The Hall–Kier alpha value is -1.84. The fraction of sp³-hybridized carbons (Fsp3) is 0.500. The molecule has 3 rings (SSSR count). The number of hydrogen-bond donors (Lipinski definition) is 1. The van der Waals surface area contributed by atoms with Gasteiger partial charge in [0.15, 0.2) is 5.82 Å². The molecule has 0 aliphatic heterocycles. The molecule has 2 N–H and O–H groups in total. The quantitative estimate of drug-likeness (QED) is 0.859. The molecular weight excluding hydrogens is 250 g/mol. The molecule has 1 aromatic carbocycles. The SMILES string of the molecule is CCC1CCC(c2noc(-c3cc(N)ccc3C)n2)C1. The first-order chi connectivity index (χ1) is 9.67. The van der Waals surface area contributed by atoms with Gasteiger partial charge in [-0.05, 0) is 49.8 Å². The van der Waals surface area contributed by atoms with Crippen LogP contribution in [-0.2, 0) is 0 Å². The molecule has 2 atom stereocenters. The molecular formula is C16H21N3O. The second-order valence-electron chi connectivity index (χ2n) is 5.82. The number of aromatic nitrogens is 2. The van der Waals surface area contributed by atoms with E-state index in [1.54, 1.807) is 0 Å². The Kier molecular flexibility index (Phi) is 3.47. The first-order valence-electron chi connectivity index (χ1n) is 7.37. The van der Waals surface area contributed by atoms with Crippen molar-refractivity contribution in [3.8, 4) is 11.5 Å². The van der Waals surface area contributed by atoms with Crippen LogP contribution in [0.5, 0.6) is 0 Å². The molecule has 1 heterocycles. The fourth-order valence-corrected chi connectivity index (χ4v) is 3.06. The molecule has 0 amide bonds. The van der Waals surface area contributed by atoms with Crippen LogP contribution in [0.1, 0.15) is 49.9 Å². The Bertz CT molecular complexity index is 606. The molecule has 106 valence electrons. The van der Waals surface area contributed by atoms with Crippen LogP contribution in [0.2, 0.25) is 0 Å². The van der Waals surface area contributed by atoms with Gasteiger partial charge >= 0.3 is 0 Å². The summed E-state index contributed by atoms with van der Waals surface area (Å²) in [6.07, 6.45) is 4.89. The highest BCUT2D eigenvalue weighted by Crippen LogP contribution is 2.39. The number of hydrogen-bond acceptors (Lipinski definition) is 4. The summed E-state index contributed by atoms with van der Waals surface area (Å²) in [6, 6.07) is 5.77. The average Bonchev–Trinajstić information content (AvgIpc) is 3.09. The highest BCUT2D eigenvalue weighted by Gasteiger charge is 2.28. The number of nitrogens with two attached hydrogens (primary N) is 1. The van der Waals surface area contributed by atoms with E-state index in [0.717, 1.165) is 28.6 Å². The van der Waals surface area contributed by atoms with Crippen LogP contribution in [0.3, 0.4) is 0 Å². The topological polar surface area (TPSA) is 64.9 Å². The van der Waals surface area contributed by atoms with E-state index < -0.39 is 0 Å². The van der Waals surface area contributed by atoms with Gasteiger partial charge in [0.2, 0.25) is 0 Å². The number of rotatable bonds is 3. The van der Waals surface area contributed by atoms with E-state index in [9.17, 15) is 0 Å². The van der Waals surface area contributed by atoms with Crippen LogP contribution >= 0.6 is 0 Å². The minimum atomic E-state index is 0.457. The summed E-state index contributed by atoms with van der Waals surface area (Å²) in [5.41, 5.74) is 8.60. The molecule has 0 spiro atoms. The first-order valence-corrected chi connectivity index (χ1v) is 7.37. The predicted molar refractivity (Wildman–Crippen MR) is 79.3 cm³/mol. The van der Waals surface area contributed by atoms with Crippen LogP contribution in [0, 0.1) is 12.8 Å². The molecule has 2 aromatic rings. The summed E-state index contributed by atoms with van der Waals surface area (Å²) in [7, 11) is 0. The standard InChI is InChI=1S/C16H21N3O/c1-3-11-5-6-12(8-11)15-18-16(20-19-15)14-9-13(17)7-4-10(14)2/h4,7,9,11-12H,3,5-6,8,17H2,1-2H3. The van der Waals surface area contributed by atoms with Gasteiger partial charge in [-0.1, -0.05) is 24.6 Å². The Morgan fingerprint density at radius 1 is 1.35 bits per heavy atom. The molecule has 1 aliphatic carbocycles. The van der Waals surface area contributed by atoms with E-state index in [1.165, 1.54) is 25.7 Å². The minimum absolute atomic E-state index is 0.457. The maximum absolute atomic E-state index is 5.84. The summed E-state index contributed by atoms with van der Waals surface area (Å²) in [4.78, 5) is 4.60. The average molecular weight is 271 g/mol. The van der Waals surface area contributed by atoms with E-state index >= 15 is 0 Å². The Morgan fingerprint density at radius 2 is 2.20 bits per heavy atom. The van der Waals surface area contributed by atoms with Crippen LogP contribution in [0.25, 0.3) is 11.5 Å². The third kappa shape index (κ3) is 2.42. The number of nitrogen functional groups attached to an aromatic ring is 1. The smallest absolute Gasteiger partial charge is 0.258 e. The van der Waals surface area contributed by atoms with Crippen molar-refractivity contribution < 1.29 is 4.52 Å². The lowest BCUT2D eigenvalue weighted by Gasteiger charge is -2.04. The van der Waals surface area contributed by atoms with Crippen LogP contribution in [0.15, 0.2) is 22.7 Å². The molecule has 0 radical (unpaired) electrons. The van der Waals surface area contributed by atoms with E-state index in [0.29, 0.717) is 11.8 Å². The third-order valence-electron chi connectivity index (χ3n) is 4.42. The van der Waals surface area contributed by atoms with Crippen molar-refractivity contribution in [3.05, 3.63) is 29.6 Å². The second-order valence-corrected chi connectivity index (χ2v) is 5.82. The maximum Gasteiger partial charge on any atom is 0.258 e. The van der Waals surface area contributed by atoms with Crippen LogP contribution < -0.4 is 5.73 Å². The number of aryl methyl sites for hydroxylation is 1. The molecule has 1 fully saturated rings. The van der Waals surface area contributed by atoms with Gasteiger partial charge in [0.1, 0.15) is 0 Å². The summed E-state index contributed by atoms with van der Waals surface area (Å²) in [6.45, 7) is 4.28. The zero-order valence-electron chi connectivity index (χ0n) is 12.1. The van der Waals surface area contributed by atoms with E-state index in [2.05, 4.69) is 17.1 Å². The molecule has 1 aromatic heterocycles. The lowest BCUT2D eigenvalue weighted by Crippen LogP contribution is -1.97. The van der Waals surface area contributed by atoms with E-state index in [-0.39, 0.29) is 0 Å². The van der Waals surface area contributed by atoms with Crippen molar-refractivity contribution in [1.82, 2.24) is 10.1 Å². The van der Waals surface area contributed by atoms with Crippen LogP contribution in [-0.4, -0.2) is 10.1 Å². The van der Waals surface area contributed by atoms with Gasteiger partial charge in [0, 0.05) is 17.2 Å². The van der Waals surface area contributed by atoms with Crippen molar-refractivity contribution in [1.29, 1.82) is 0 Å². The fourth-order valence-electron chi connectivity index (χ4n) is 3.06. The molecule has 2 unspecified atom stereocenters. The number of anilines is 1. The zero-order valence-corrected chi connectivity index (χ0v) is 12.1. The van der Waals surface area contributed by atoms with Gasteiger partial charge in [-0.2, -0.15) is 4.98 Å². The summed E-state index contributed by atoms with van der Waals surface area (Å²) < 4.78 is 5.45. The summed E-state index contributed by atoms with van der Waals surface area (Å²) in [5, 5.41) is 4.19. The van der Waals surface area contributed by atoms with Gasteiger partial charge in [0.25, 0.3) is 5.89 Å². The molecule has 1 aliphatic rings. The van der Waals surface area contributed by atoms with E-state index in [1.807, 2.05) is 25.1 Å². The summed E-state index contributed by atoms with van der Waals surface area (Å²) in [5.74, 6) is 2.72. The first kappa shape index (κ1) is 13.2. The highest BCUT2D eigenvalue weighted by molar-refractivity contribution is 5.63. The van der Waals surface area contributed by atoms with Crippen molar-refractivity contribution in [2.45, 2.75) is 45.4 Å². The van der Waals surface area contributed by atoms with Crippen molar-refractivity contribution >= 4 is 5.69 Å². The van der Waals surface area contributed by atoms with Gasteiger partial charge in [-0.25, -0.2) is 0 Å². The largest absolute Gasteiger partial charge is 0.399 e. The van der Waals surface area contributed by atoms with Gasteiger partial charge in [-0.3, -0.25) is 0 Å².